The molecule has 0 radical (unpaired) electrons. The van der Waals surface area contributed by atoms with E-state index in [1.165, 1.54) is 17.4 Å². The number of halogens is 1. The van der Waals surface area contributed by atoms with Crippen molar-refractivity contribution in [3.05, 3.63) is 23.2 Å². The summed E-state index contributed by atoms with van der Waals surface area (Å²) in [5.74, 6) is 0.179. The highest BCUT2D eigenvalue weighted by Crippen LogP contribution is 2.38. The third-order valence-corrected chi connectivity index (χ3v) is 3.29. The zero-order chi connectivity index (χ0) is 9.42. The van der Waals surface area contributed by atoms with E-state index in [2.05, 4.69) is 0 Å². The average molecular weight is 215 g/mol. The summed E-state index contributed by atoms with van der Waals surface area (Å²) in [5, 5.41) is 11.5. The number of phenols is 1. The summed E-state index contributed by atoms with van der Waals surface area (Å²) in [4.78, 5) is 0. The first-order valence-corrected chi connectivity index (χ1v) is 4.86. The number of aromatic hydroxyl groups is 1. The van der Waals surface area contributed by atoms with E-state index < -0.39 is 0 Å². The molecule has 1 aromatic carbocycles. The third-order valence-electron chi connectivity index (χ3n) is 1.73. The summed E-state index contributed by atoms with van der Waals surface area (Å²) >= 11 is 7.39. The molecule has 0 aliphatic rings. The van der Waals surface area contributed by atoms with Crippen molar-refractivity contribution in [1.29, 1.82) is 0 Å². The van der Waals surface area contributed by atoms with E-state index in [9.17, 15) is 5.11 Å². The van der Waals surface area contributed by atoms with Gasteiger partial charge in [0.1, 0.15) is 5.75 Å². The molecule has 0 unspecified atom stereocenters. The lowest BCUT2D eigenvalue weighted by Crippen LogP contribution is -1.73. The highest BCUT2D eigenvalue weighted by molar-refractivity contribution is 7.21. The van der Waals surface area contributed by atoms with Crippen molar-refractivity contribution in [1.82, 2.24) is 0 Å². The minimum absolute atomic E-state index is 0.179. The minimum atomic E-state index is 0.179. The topological polar surface area (TPSA) is 29.5 Å². The third kappa shape index (κ3) is 1.45. The summed E-state index contributed by atoms with van der Waals surface area (Å²) in [5.41, 5.74) is 0. The smallest absolute Gasteiger partial charge is 0.174 e. The number of benzene rings is 1. The summed E-state index contributed by atoms with van der Waals surface area (Å²) < 4.78 is 6.01. The normalized spacial score (nSPS) is 10.6. The number of thiophene rings is 1. The van der Waals surface area contributed by atoms with Gasteiger partial charge in [-0.05, 0) is 18.2 Å². The Morgan fingerprint density at radius 1 is 1.38 bits per heavy atom. The number of methoxy groups -OCH3 is 1. The zero-order valence-corrected chi connectivity index (χ0v) is 8.45. The molecule has 2 aromatic rings. The molecule has 0 amide bonds. The van der Waals surface area contributed by atoms with Crippen molar-refractivity contribution in [2.45, 2.75) is 0 Å². The van der Waals surface area contributed by atoms with Crippen LogP contribution in [-0.2, 0) is 0 Å². The Balaban J connectivity index is 2.75. The second kappa shape index (κ2) is 3.09. The molecule has 0 saturated carbocycles. The van der Waals surface area contributed by atoms with Crippen LogP contribution in [0.4, 0.5) is 0 Å². The molecule has 0 aliphatic heterocycles. The highest BCUT2D eigenvalue weighted by atomic mass is 35.5. The lowest BCUT2D eigenvalue weighted by molar-refractivity contribution is 0.427. The number of rotatable bonds is 1. The molecule has 0 saturated heterocycles. The van der Waals surface area contributed by atoms with Crippen molar-refractivity contribution in [2.24, 2.45) is 0 Å². The van der Waals surface area contributed by atoms with Gasteiger partial charge in [0.05, 0.1) is 16.8 Å². The predicted octanol–water partition coefficient (Wildman–Crippen LogP) is 3.27. The molecule has 0 atom stereocenters. The van der Waals surface area contributed by atoms with Crippen LogP contribution < -0.4 is 4.74 Å². The standard InChI is InChI=1S/C9H7ClO2S/c1-12-8-3-5-2-6(11)4-7(10)9(5)13-8/h2-4,11H,1H3. The van der Waals surface area contributed by atoms with E-state index in [0.717, 1.165) is 15.1 Å². The Labute approximate surface area is 84.3 Å². The van der Waals surface area contributed by atoms with Gasteiger partial charge in [-0.15, -0.1) is 0 Å². The van der Waals surface area contributed by atoms with E-state index >= 15 is 0 Å². The molecule has 1 heterocycles. The van der Waals surface area contributed by atoms with Gasteiger partial charge < -0.3 is 9.84 Å². The van der Waals surface area contributed by atoms with Crippen molar-refractivity contribution >= 4 is 33.0 Å². The van der Waals surface area contributed by atoms with Gasteiger partial charge >= 0.3 is 0 Å². The largest absolute Gasteiger partial charge is 0.508 e. The van der Waals surface area contributed by atoms with Crippen LogP contribution in [0.3, 0.4) is 0 Å². The maximum absolute atomic E-state index is 9.27. The molecule has 68 valence electrons. The number of hydrogen-bond donors (Lipinski definition) is 1. The van der Waals surface area contributed by atoms with Crippen molar-refractivity contribution in [3.8, 4) is 10.8 Å². The molecule has 2 nitrogen and oxygen atoms in total. The van der Waals surface area contributed by atoms with Crippen molar-refractivity contribution in [3.63, 3.8) is 0 Å². The second-order valence-corrected chi connectivity index (χ2v) is 4.04. The fraction of sp³-hybridized carbons (Fsp3) is 0.111. The number of ether oxygens (including phenoxy) is 1. The number of fused-ring (bicyclic) bond motifs is 1. The molecule has 0 spiro atoms. The average Bonchev–Trinajstić information content (AvgIpc) is 2.47. The van der Waals surface area contributed by atoms with Gasteiger partial charge in [0.25, 0.3) is 0 Å². The summed E-state index contributed by atoms with van der Waals surface area (Å²) in [6.07, 6.45) is 0. The summed E-state index contributed by atoms with van der Waals surface area (Å²) in [6.45, 7) is 0. The molecule has 1 N–H and O–H groups in total. The molecule has 4 heteroatoms. The van der Waals surface area contributed by atoms with Crippen LogP contribution in [0.15, 0.2) is 18.2 Å². The lowest BCUT2D eigenvalue weighted by Gasteiger charge is -1.94. The van der Waals surface area contributed by atoms with E-state index in [4.69, 9.17) is 16.3 Å². The Morgan fingerprint density at radius 2 is 2.15 bits per heavy atom. The van der Waals surface area contributed by atoms with Crippen LogP contribution in [0.25, 0.3) is 10.1 Å². The Bertz CT molecular complexity index is 450. The van der Waals surface area contributed by atoms with Gasteiger partial charge in [-0.1, -0.05) is 22.9 Å². The number of hydrogen-bond acceptors (Lipinski definition) is 3. The zero-order valence-electron chi connectivity index (χ0n) is 6.87. The monoisotopic (exact) mass is 214 g/mol. The number of phenolic OH excluding ortho intramolecular Hbond substituents is 1. The van der Waals surface area contributed by atoms with Gasteiger partial charge in [-0.3, -0.25) is 0 Å². The molecule has 0 aliphatic carbocycles. The van der Waals surface area contributed by atoms with E-state index in [-0.39, 0.29) is 5.75 Å². The van der Waals surface area contributed by atoms with Gasteiger partial charge in [0.15, 0.2) is 5.06 Å². The van der Waals surface area contributed by atoms with Crippen molar-refractivity contribution < 1.29 is 9.84 Å². The van der Waals surface area contributed by atoms with Crippen LogP contribution in [-0.4, -0.2) is 12.2 Å². The van der Waals surface area contributed by atoms with Crippen LogP contribution >= 0.6 is 22.9 Å². The molecule has 1 aromatic heterocycles. The first-order valence-electron chi connectivity index (χ1n) is 3.67. The highest BCUT2D eigenvalue weighted by Gasteiger charge is 2.06. The molecule has 0 bridgehead atoms. The summed E-state index contributed by atoms with van der Waals surface area (Å²) in [7, 11) is 1.61. The molecule has 0 fully saturated rings. The first kappa shape index (κ1) is 8.66. The van der Waals surface area contributed by atoms with Crippen molar-refractivity contribution in [2.75, 3.05) is 7.11 Å². The van der Waals surface area contributed by atoms with Crippen LogP contribution in [0.2, 0.25) is 5.02 Å². The fourth-order valence-corrected chi connectivity index (χ4v) is 2.37. The first-order chi connectivity index (χ1) is 6.20. The van der Waals surface area contributed by atoms with Gasteiger partial charge in [0.2, 0.25) is 0 Å². The molecule has 2 rings (SSSR count). The molecular weight excluding hydrogens is 208 g/mol. The van der Waals surface area contributed by atoms with Gasteiger partial charge in [0, 0.05) is 5.39 Å². The maximum Gasteiger partial charge on any atom is 0.174 e. The van der Waals surface area contributed by atoms with E-state index in [0.29, 0.717) is 5.02 Å². The van der Waals surface area contributed by atoms with Gasteiger partial charge in [-0.25, -0.2) is 0 Å². The minimum Gasteiger partial charge on any atom is -0.508 e. The molecule has 13 heavy (non-hydrogen) atoms. The van der Waals surface area contributed by atoms with Crippen LogP contribution in [0, 0.1) is 0 Å². The molecular formula is C9H7ClO2S. The van der Waals surface area contributed by atoms with E-state index in [1.807, 2.05) is 6.07 Å². The van der Waals surface area contributed by atoms with Gasteiger partial charge in [-0.2, -0.15) is 0 Å². The van der Waals surface area contributed by atoms with Crippen LogP contribution in [0.1, 0.15) is 0 Å². The Kier molecular flexibility index (Phi) is 2.06. The second-order valence-electron chi connectivity index (χ2n) is 2.62. The Morgan fingerprint density at radius 3 is 2.85 bits per heavy atom. The SMILES string of the molecule is COc1cc2cc(O)cc(Cl)c2s1. The Hall–Kier alpha value is -0.930. The maximum atomic E-state index is 9.27. The predicted molar refractivity (Wildman–Crippen MR) is 55.1 cm³/mol. The van der Waals surface area contributed by atoms with E-state index in [1.54, 1.807) is 13.2 Å². The summed E-state index contributed by atoms with van der Waals surface area (Å²) in [6, 6.07) is 5.05. The lowest BCUT2D eigenvalue weighted by atomic mass is 10.2. The fourth-order valence-electron chi connectivity index (χ4n) is 1.17. The quantitative estimate of drug-likeness (QED) is 0.790. The van der Waals surface area contributed by atoms with Crippen LogP contribution in [0.5, 0.6) is 10.8 Å².